The maximum absolute atomic E-state index is 12.9. The number of thiophene rings is 1. The topological polar surface area (TPSA) is 98.5 Å². The molecule has 0 spiro atoms. The number of nitrogens with one attached hydrogen (secondary N) is 2. The third kappa shape index (κ3) is 5.22. The predicted molar refractivity (Wildman–Crippen MR) is 148 cm³/mol. The minimum atomic E-state index is -2.37. The summed E-state index contributed by atoms with van der Waals surface area (Å²) >= 11 is 1.31. The minimum Gasteiger partial charge on any atom is -0.367 e. The first-order valence-electron chi connectivity index (χ1n) is 13.0. The Bertz CT molecular complexity index is 1640. The monoisotopic (exact) mass is 546 g/mol. The van der Waals surface area contributed by atoms with Crippen molar-refractivity contribution in [3.63, 3.8) is 0 Å². The summed E-state index contributed by atoms with van der Waals surface area (Å²) in [6.45, 7) is 5.46. The molecule has 0 amide bonds. The lowest BCUT2D eigenvalue weighted by Crippen LogP contribution is -2.39. The molecule has 1 fully saturated rings. The molecule has 2 N–H and O–H groups in total. The number of piperidine rings is 1. The molecule has 0 bridgehead atoms. The van der Waals surface area contributed by atoms with Crippen LogP contribution in [0.3, 0.4) is 0 Å². The predicted octanol–water partition coefficient (Wildman–Crippen LogP) is 5.48. The van der Waals surface area contributed by atoms with E-state index in [1.807, 2.05) is 16.8 Å². The Labute approximate surface area is 228 Å². The van der Waals surface area contributed by atoms with E-state index in [2.05, 4.69) is 55.5 Å². The third-order valence-electron chi connectivity index (χ3n) is 7.54. The number of halogens is 2. The summed E-state index contributed by atoms with van der Waals surface area (Å²) in [7, 11) is 0. The highest BCUT2D eigenvalue weighted by Crippen LogP contribution is 2.31. The van der Waals surface area contributed by atoms with Gasteiger partial charge in [0.2, 0.25) is 6.43 Å². The molecule has 1 saturated heterocycles. The molecule has 4 aromatic heterocycles. The number of aryl methyl sites for hydroxylation is 1. The largest absolute Gasteiger partial charge is 0.367 e. The molecule has 1 aliphatic rings. The number of anilines is 1. The summed E-state index contributed by atoms with van der Waals surface area (Å²) in [6, 6.07) is 10.7. The van der Waals surface area contributed by atoms with Gasteiger partial charge in [0.15, 0.2) is 0 Å². The Hall–Kier alpha value is -3.88. The summed E-state index contributed by atoms with van der Waals surface area (Å²) in [5, 5.41) is 22.1. The smallest absolute Gasteiger partial charge is 0.243 e. The second-order valence-corrected chi connectivity index (χ2v) is 11.2. The minimum absolute atomic E-state index is 0.253. The van der Waals surface area contributed by atoms with Gasteiger partial charge >= 0.3 is 0 Å². The normalized spacial score (nSPS) is 14.9. The SMILES string of the molecule is Cc1c(CN2CCC(Nc3ncnc4sc(CC(F)F)cc34)CC2)ccc2c1cc(C#N)n2Cc1cn[nH]c1. The lowest BCUT2D eigenvalue weighted by Gasteiger charge is -2.33. The van der Waals surface area contributed by atoms with E-state index in [1.54, 1.807) is 12.3 Å². The maximum atomic E-state index is 12.9. The molecule has 6 rings (SSSR count). The molecule has 0 radical (unpaired) electrons. The van der Waals surface area contributed by atoms with Gasteiger partial charge in [0.05, 0.1) is 18.1 Å². The van der Waals surface area contributed by atoms with Crippen molar-refractivity contribution in [2.45, 2.75) is 51.7 Å². The van der Waals surface area contributed by atoms with Crippen molar-refractivity contribution in [1.82, 2.24) is 29.6 Å². The number of likely N-dealkylation sites (tertiary alicyclic amines) is 1. The van der Waals surface area contributed by atoms with Crippen LogP contribution in [0.2, 0.25) is 0 Å². The molecular weight excluding hydrogens is 518 g/mol. The van der Waals surface area contributed by atoms with E-state index >= 15 is 0 Å². The van der Waals surface area contributed by atoms with Crippen LogP contribution in [0.25, 0.3) is 21.1 Å². The quantitative estimate of drug-likeness (QED) is 0.267. The van der Waals surface area contributed by atoms with Gasteiger partial charge in [-0.1, -0.05) is 6.07 Å². The maximum Gasteiger partial charge on any atom is 0.243 e. The number of fused-ring (bicyclic) bond motifs is 2. The van der Waals surface area contributed by atoms with Gasteiger partial charge in [-0.05, 0) is 49.1 Å². The molecule has 0 aliphatic carbocycles. The second kappa shape index (κ2) is 10.7. The van der Waals surface area contributed by atoms with Crippen LogP contribution in [0.15, 0.2) is 43.0 Å². The van der Waals surface area contributed by atoms with Crippen LogP contribution in [0.1, 0.15) is 40.1 Å². The summed E-state index contributed by atoms with van der Waals surface area (Å²) in [5.74, 6) is 0.727. The van der Waals surface area contributed by atoms with Crippen LogP contribution in [0.4, 0.5) is 14.6 Å². The molecule has 1 aromatic carbocycles. The van der Waals surface area contributed by atoms with Gasteiger partial charge in [-0.2, -0.15) is 10.4 Å². The zero-order valence-electron chi connectivity index (χ0n) is 21.5. The summed E-state index contributed by atoms with van der Waals surface area (Å²) in [4.78, 5) is 12.5. The average Bonchev–Trinajstić information content (AvgIpc) is 3.66. The molecule has 5 aromatic rings. The van der Waals surface area contributed by atoms with Gasteiger partial charge in [-0.25, -0.2) is 18.7 Å². The number of nitrogens with zero attached hydrogens (tertiary/aromatic N) is 6. The number of alkyl halides is 2. The standard InChI is InChI=1S/C28H28F2N8S/c1-17-19(2-3-25-23(17)8-21(11-31)38(25)14-18-12-34-35-13-18)15-37-6-4-20(5-7-37)36-27-24-9-22(10-26(29)30)39-28(24)33-16-32-27/h2-3,8-9,12-13,16,20,26H,4-7,10,14-15H2,1H3,(H,34,35)(H,32,33,36). The molecular formula is C28H28F2N8S. The fourth-order valence-corrected chi connectivity index (χ4v) is 6.44. The number of aromatic nitrogens is 5. The highest BCUT2D eigenvalue weighted by Gasteiger charge is 2.22. The van der Waals surface area contributed by atoms with Crippen LogP contribution >= 0.6 is 11.3 Å². The van der Waals surface area contributed by atoms with Gasteiger partial charge in [-0.3, -0.25) is 10.00 Å². The summed E-state index contributed by atoms with van der Waals surface area (Å²) in [5.41, 5.74) is 5.19. The molecule has 0 atom stereocenters. The van der Waals surface area contributed by atoms with Crippen molar-refractivity contribution in [1.29, 1.82) is 5.26 Å². The Kier molecular flexibility index (Phi) is 6.97. The number of aromatic amines is 1. The van der Waals surface area contributed by atoms with E-state index in [4.69, 9.17) is 0 Å². The number of nitriles is 1. The molecule has 1 aliphatic heterocycles. The van der Waals surface area contributed by atoms with E-state index in [9.17, 15) is 14.0 Å². The molecule has 5 heterocycles. The Morgan fingerprint density at radius 1 is 1.18 bits per heavy atom. The fourth-order valence-electron chi connectivity index (χ4n) is 5.45. The molecule has 39 heavy (non-hydrogen) atoms. The first kappa shape index (κ1) is 25.4. The molecule has 11 heteroatoms. The Morgan fingerprint density at radius 2 is 2.03 bits per heavy atom. The first-order chi connectivity index (χ1) is 19.0. The second-order valence-electron chi connectivity index (χ2n) is 10.1. The fraction of sp³-hybridized carbons (Fsp3) is 0.357. The number of rotatable bonds is 8. The van der Waals surface area contributed by atoms with Crippen LogP contribution < -0.4 is 5.32 Å². The molecule has 8 nitrogen and oxygen atoms in total. The van der Waals surface area contributed by atoms with Crippen LogP contribution in [-0.2, 0) is 19.5 Å². The Morgan fingerprint density at radius 3 is 2.77 bits per heavy atom. The molecule has 200 valence electrons. The lowest BCUT2D eigenvalue weighted by molar-refractivity contribution is 0.150. The van der Waals surface area contributed by atoms with Crippen molar-refractivity contribution in [2.75, 3.05) is 18.4 Å². The van der Waals surface area contributed by atoms with E-state index < -0.39 is 6.43 Å². The number of benzene rings is 1. The van der Waals surface area contributed by atoms with Gasteiger partial charge in [0.1, 0.15) is 28.7 Å². The van der Waals surface area contributed by atoms with Crippen molar-refractivity contribution >= 4 is 38.3 Å². The van der Waals surface area contributed by atoms with Crippen LogP contribution in [-0.4, -0.2) is 55.2 Å². The van der Waals surface area contributed by atoms with Crippen LogP contribution in [0.5, 0.6) is 0 Å². The van der Waals surface area contributed by atoms with Crippen molar-refractivity contribution < 1.29 is 8.78 Å². The lowest BCUT2D eigenvalue weighted by atomic mass is 10.0. The van der Waals surface area contributed by atoms with Gasteiger partial charge in [-0.15, -0.1) is 11.3 Å². The van der Waals surface area contributed by atoms with Crippen molar-refractivity contribution in [3.05, 3.63) is 70.2 Å². The van der Waals surface area contributed by atoms with Crippen molar-refractivity contribution in [2.24, 2.45) is 0 Å². The van der Waals surface area contributed by atoms with E-state index in [1.165, 1.54) is 28.8 Å². The third-order valence-corrected chi connectivity index (χ3v) is 8.60. The van der Waals surface area contributed by atoms with Crippen LogP contribution in [0, 0.1) is 18.3 Å². The number of H-pyrrole nitrogens is 1. The first-order valence-corrected chi connectivity index (χ1v) is 13.8. The number of hydrogen-bond acceptors (Lipinski definition) is 7. The van der Waals surface area contributed by atoms with E-state index in [0.29, 0.717) is 17.1 Å². The van der Waals surface area contributed by atoms with Gasteiger partial charge in [0.25, 0.3) is 0 Å². The summed E-state index contributed by atoms with van der Waals surface area (Å²) < 4.78 is 27.8. The Balaban J connectivity index is 1.12. The molecule has 0 unspecified atom stereocenters. The van der Waals surface area contributed by atoms with E-state index in [-0.39, 0.29) is 12.5 Å². The zero-order chi connectivity index (χ0) is 26.9. The van der Waals surface area contributed by atoms with Crippen molar-refractivity contribution in [3.8, 4) is 6.07 Å². The van der Waals surface area contributed by atoms with E-state index in [0.717, 1.165) is 65.0 Å². The zero-order valence-corrected chi connectivity index (χ0v) is 22.3. The summed E-state index contributed by atoms with van der Waals surface area (Å²) in [6.07, 6.45) is 4.43. The van der Waals surface area contributed by atoms with Gasteiger partial charge in [0, 0.05) is 59.6 Å². The number of hydrogen-bond donors (Lipinski definition) is 2. The highest BCUT2D eigenvalue weighted by molar-refractivity contribution is 7.18. The van der Waals surface area contributed by atoms with Gasteiger partial charge < -0.3 is 9.88 Å². The average molecular weight is 547 g/mol. The molecule has 0 saturated carbocycles. The highest BCUT2D eigenvalue weighted by atomic mass is 32.1.